The minimum atomic E-state index is -4.71. The van der Waals surface area contributed by atoms with Gasteiger partial charge in [-0.2, -0.15) is 26.3 Å². The summed E-state index contributed by atoms with van der Waals surface area (Å²) in [4.78, 5) is 6.57. The van der Waals surface area contributed by atoms with Crippen LogP contribution in [0.5, 0.6) is 5.75 Å². The van der Waals surface area contributed by atoms with Crippen LogP contribution < -0.4 is 10.1 Å². The molecule has 0 radical (unpaired) electrons. The van der Waals surface area contributed by atoms with Crippen LogP contribution in [0.4, 0.5) is 36.6 Å². The molecule has 1 aromatic carbocycles. The molecule has 1 unspecified atom stereocenters. The number of halogens is 8. The van der Waals surface area contributed by atoms with Crippen molar-refractivity contribution in [3.8, 4) is 5.75 Å². The minimum Gasteiger partial charge on any atom is -0.489 e. The quantitative estimate of drug-likeness (QED) is 0.414. The molecule has 0 aliphatic carbocycles. The fourth-order valence-electron chi connectivity index (χ4n) is 2.24. The third-order valence-corrected chi connectivity index (χ3v) is 5.75. The predicted octanol–water partition coefficient (Wildman–Crippen LogP) is 4.87. The normalized spacial score (nSPS) is 13.2. The van der Waals surface area contributed by atoms with Crippen molar-refractivity contribution in [2.45, 2.75) is 24.2 Å². The molecule has 1 N–H and O–H groups in total. The summed E-state index contributed by atoms with van der Waals surface area (Å²) in [5, 5.41) is 2.54. The van der Waals surface area contributed by atoms with Crippen LogP contribution in [0.15, 0.2) is 27.8 Å². The number of nitrogens with zero attached hydrogens (tertiary/aromatic N) is 2. The standard InChI is InChI=1S/C16H13BrF7N3O2S/c1-8-4-9(18)10(5-11(8)30(28)6-15(19,20)21)29-3-2-25-14-12(17)13(16(22,23)24)26-7-27-14/h4-5,7H,2-3,6H2,1H3,(H,25,26,27). The summed E-state index contributed by atoms with van der Waals surface area (Å²) in [6.07, 6.45) is -8.67. The van der Waals surface area contributed by atoms with Crippen LogP contribution >= 0.6 is 15.9 Å². The van der Waals surface area contributed by atoms with E-state index in [-0.39, 0.29) is 29.4 Å². The molecule has 0 fully saturated rings. The van der Waals surface area contributed by atoms with E-state index in [1.54, 1.807) is 0 Å². The number of alkyl halides is 6. The molecular formula is C16H13BrF7N3O2S. The van der Waals surface area contributed by atoms with Crippen molar-refractivity contribution >= 4 is 32.5 Å². The summed E-state index contributed by atoms with van der Waals surface area (Å²) < 4.78 is 106. The Balaban J connectivity index is 2.05. The Labute approximate surface area is 176 Å². The molecule has 0 saturated heterocycles. The third kappa shape index (κ3) is 6.52. The Hall–Kier alpha value is -1.96. The van der Waals surface area contributed by atoms with Crippen LogP contribution in [0.25, 0.3) is 0 Å². The first-order valence-electron chi connectivity index (χ1n) is 7.99. The maximum absolute atomic E-state index is 14.0. The number of hydrogen-bond donors (Lipinski definition) is 1. The van der Waals surface area contributed by atoms with Gasteiger partial charge in [-0.15, -0.1) is 0 Å². The first-order valence-corrected chi connectivity index (χ1v) is 10.1. The molecule has 0 aliphatic rings. The van der Waals surface area contributed by atoms with Gasteiger partial charge in [0.15, 0.2) is 17.3 Å². The monoisotopic (exact) mass is 523 g/mol. The molecule has 14 heteroatoms. The largest absolute Gasteiger partial charge is 0.489 e. The summed E-state index contributed by atoms with van der Waals surface area (Å²) in [6.45, 7) is 0.910. The maximum atomic E-state index is 14.0. The Morgan fingerprint density at radius 2 is 1.83 bits per heavy atom. The van der Waals surface area contributed by atoms with Gasteiger partial charge in [-0.1, -0.05) is 0 Å². The van der Waals surface area contributed by atoms with E-state index in [9.17, 15) is 34.9 Å². The summed E-state index contributed by atoms with van der Waals surface area (Å²) in [6, 6.07) is 1.80. The van der Waals surface area contributed by atoms with E-state index >= 15 is 0 Å². The van der Waals surface area contributed by atoms with Gasteiger partial charge >= 0.3 is 12.4 Å². The van der Waals surface area contributed by atoms with E-state index in [0.29, 0.717) is 6.33 Å². The Bertz CT molecular complexity index is 938. The van der Waals surface area contributed by atoms with Crippen molar-refractivity contribution in [3.05, 3.63) is 40.0 Å². The summed E-state index contributed by atoms with van der Waals surface area (Å²) in [7, 11) is -2.45. The molecule has 2 aromatic rings. The lowest BCUT2D eigenvalue weighted by molar-refractivity contribution is -0.141. The molecule has 5 nitrogen and oxygen atoms in total. The highest BCUT2D eigenvalue weighted by molar-refractivity contribution is 9.10. The highest BCUT2D eigenvalue weighted by Crippen LogP contribution is 2.35. The second-order valence-electron chi connectivity index (χ2n) is 5.81. The number of rotatable bonds is 7. The van der Waals surface area contributed by atoms with Crippen molar-refractivity contribution < 1.29 is 39.7 Å². The second-order valence-corrected chi connectivity index (χ2v) is 8.02. The van der Waals surface area contributed by atoms with Gasteiger partial charge in [0.2, 0.25) is 0 Å². The lowest BCUT2D eigenvalue weighted by Crippen LogP contribution is -2.19. The van der Waals surface area contributed by atoms with Gasteiger partial charge in [0.1, 0.15) is 24.5 Å². The molecule has 1 aromatic heterocycles. The lowest BCUT2D eigenvalue weighted by Gasteiger charge is -2.14. The fourth-order valence-corrected chi connectivity index (χ4v) is 3.92. The zero-order valence-corrected chi connectivity index (χ0v) is 17.4. The van der Waals surface area contributed by atoms with Crippen molar-refractivity contribution in [3.63, 3.8) is 0 Å². The van der Waals surface area contributed by atoms with E-state index in [1.165, 1.54) is 6.92 Å². The first-order chi connectivity index (χ1) is 13.8. The van der Waals surface area contributed by atoms with Gasteiger partial charge in [0.05, 0.1) is 21.8 Å². The number of hydrogen-bond acceptors (Lipinski definition) is 5. The number of aromatic nitrogens is 2. The summed E-state index contributed by atoms with van der Waals surface area (Å²) in [5.74, 6) is -3.10. The molecule has 0 spiro atoms. The average Bonchev–Trinajstić information content (AvgIpc) is 2.58. The van der Waals surface area contributed by atoms with Crippen LogP contribution in [0.3, 0.4) is 0 Å². The predicted molar refractivity (Wildman–Crippen MR) is 97.2 cm³/mol. The smallest absolute Gasteiger partial charge is 0.434 e. The number of benzene rings is 1. The molecule has 1 heterocycles. The van der Waals surface area contributed by atoms with Gasteiger partial charge in [0, 0.05) is 4.90 Å². The van der Waals surface area contributed by atoms with Gasteiger partial charge < -0.3 is 10.1 Å². The Morgan fingerprint density at radius 3 is 2.43 bits per heavy atom. The van der Waals surface area contributed by atoms with E-state index in [2.05, 4.69) is 31.2 Å². The molecular weight excluding hydrogens is 511 g/mol. The zero-order chi connectivity index (χ0) is 22.7. The Morgan fingerprint density at radius 1 is 1.17 bits per heavy atom. The van der Waals surface area contributed by atoms with Crippen molar-refractivity contribution in [1.29, 1.82) is 0 Å². The number of nitrogens with one attached hydrogen (secondary N) is 1. The molecule has 0 bridgehead atoms. The zero-order valence-electron chi connectivity index (χ0n) is 15.0. The van der Waals surface area contributed by atoms with E-state index in [0.717, 1.165) is 12.1 Å². The van der Waals surface area contributed by atoms with Crippen molar-refractivity contribution in [2.75, 3.05) is 24.2 Å². The molecule has 0 saturated carbocycles. The van der Waals surface area contributed by atoms with Gasteiger partial charge in [-0.25, -0.2) is 14.4 Å². The van der Waals surface area contributed by atoms with Gasteiger partial charge in [-0.3, -0.25) is 4.21 Å². The third-order valence-electron chi connectivity index (χ3n) is 3.48. The number of anilines is 1. The molecule has 2 rings (SSSR count). The Kier molecular flexibility index (Phi) is 7.66. The van der Waals surface area contributed by atoms with Crippen molar-refractivity contribution in [1.82, 2.24) is 9.97 Å². The lowest BCUT2D eigenvalue weighted by atomic mass is 10.2. The summed E-state index contributed by atoms with van der Waals surface area (Å²) in [5.41, 5.74) is -1.13. The fraction of sp³-hybridized carbons (Fsp3) is 0.375. The molecule has 1 atom stereocenters. The van der Waals surface area contributed by atoms with Crippen LogP contribution in [-0.2, 0) is 17.0 Å². The average molecular weight is 524 g/mol. The first kappa shape index (κ1) is 24.3. The second kappa shape index (κ2) is 9.45. The van der Waals surface area contributed by atoms with E-state index in [4.69, 9.17) is 4.74 Å². The van der Waals surface area contributed by atoms with Gasteiger partial charge in [0.25, 0.3) is 0 Å². The van der Waals surface area contributed by atoms with Crippen LogP contribution in [0.1, 0.15) is 11.3 Å². The highest BCUT2D eigenvalue weighted by Gasteiger charge is 2.36. The van der Waals surface area contributed by atoms with Crippen LogP contribution in [-0.4, -0.2) is 39.3 Å². The van der Waals surface area contributed by atoms with Crippen molar-refractivity contribution in [2.24, 2.45) is 0 Å². The SMILES string of the molecule is Cc1cc(F)c(OCCNc2ncnc(C(F)(F)F)c2Br)cc1S(=O)CC(F)(F)F. The minimum absolute atomic E-state index is 0.0603. The number of aryl methyl sites for hydroxylation is 1. The maximum Gasteiger partial charge on any atom is 0.434 e. The summed E-state index contributed by atoms with van der Waals surface area (Å²) >= 11 is 2.75. The van der Waals surface area contributed by atoms with Crippen LogP contribution in [0.2, 0.25) is 0 Å². The van der Waals surface area contributed by atoms with Crippen LogP contribution in [0, 0.1) is 12.7 Å². The highest BCUT2D eigenvalue weighted by atomic mass is 79.9. The molecule has 166 valence electrons. The molecule has 30 heavy (non-hydrogen) atoms. The van der Waals surface area contributed by atoms with E-state index < -0.39 is 50.6 Å². The topological polar surface area (TPSA) is 64.1 Å². The molecule has 0 amide bonds. The molecule has 0 aliphatic heterocycles. The number of ether oxygens (including phenoxy) is 1. The van der Waals surface area contributed by atoms with Gasteiger partial charge in [-0.05, 0) is 40.5 Å². The van der Waals surface area contributed by atoms with E-state index in [1.807, 2.05) is 0 Å².